The van der Waals surface area contributed by atoms with E-state index in [1.807, 2.05) is 35.3 Å². The molecule has 2 rings (SSSR count). The molecule has 1 heterocycles. The van der Waals surface area contributed by atoms with Gasteiger partial charge in [0.05, 0.1) is 23.5 Å². The van der Waals surface area contributed by atoms with Crippen LogP contribution in [0.1, 0.15) is 17.5 Å². The summed E-state index contributed by atoms with van der Waals surface area (Å²) in [6, 6.07) is 9.57. The first-order valence-electron chi connectivity index (χ1n) is 5.43. The van der Waals surface area contributed by atoms with Crippen LogP contribution in [0.5, 0.6) is 0 Å². The maximum atomic E-state index is 8.85. The van der Waals surface area contributed by atoms with Crippen LogP contribution >= 0.6 is 15.9 Å². The highest BCUT2D eigenvalue weighted by Gasteiger charge is 2.01. The highest BCUT2D eigenvalue weighted by Crippen LogP contribution is 2.11. The monoisotopic (exact) mass is 289 g/mol. The number of hydrogen-bond acceptors (Lipinski definition) is 2. The van der Waals surface area contributed by atoms with E-state index in [9.17, 15) is 0 Å². The number of aryl methyl sites for hydroxylation is 1. The van der Waals surface area contributed by atoms with Gasteiger partial charge in [-0.1, -0.05) is 22.0 Å². The van der Waals surface area contributed by atoms with Gasteiger partial charge in [0, 0.05) is 11.5 Å². The minimum absolute atomic E-state index is 0.653. The van der Waals surface area contributed by atoms with Gasteiger partial charge < -0.3 is 0 Å². The minimum atomic E-state index is 0.653. The van der Waals surface area contributed by atoms with Gasteiger partial charge >= 0.3 is 0 Å². The summed E-state index contributed by atoms with van der Waals surface area (Å²) in [6.07, 6.45) is 6.01. The highest BCUT2D eigenvalue weighted by atomic mass is 79.9. The van der Waals surface area contributed by atoms with Crippen LogP contribution in [0.3, 0.4) is 0 Å². The second-order valence-electron chi connectivity index (χ2n) is 3.75. The number of nitriles is 1. The average Bonchev–Trinajstić information content (AvgIpc) is 2.85. The molecule has 0 aliphatic rings. The van der Waals surface area contributed by atoms with Gasteiger partial charge in [0.2, 0.25) is 0 Å². The third-order valence-electron chi connectivity index (χ3n) is 2.47. The molecule has 1 aromatic heterocycles. The van der Waals surface area contributed by atoms with Crippen LogP contribution in [-0.4, -0.2) is 15.1 Å². The van der Waals surface area contributed by atoms with Crippen molar-refractivity contribution in [2.75, 3.05) is 5.33 Å². The third kappa shape index (κ3) is 2.95. The van der Waals surface area contributed by atoms with E-state index in [1.54, 1.807) is 6.07 Å². The zero-order valence-corrected chi connectivity index (χ0v) is 10.9. The molecule has 0 fully saturated rings. The van der Waals surface area contributed by atoms with Gasteiger partial charge in [-0.15, -0.1) is 0 Å². The summed E-state index contributed by atoms with van der Waals surface area (Å²) < 4.78 is 1.81. The van der Waals surface area contributed by atoms with Crippen molar-refractivity contribution in [2.45, 2.75) is 12.8 Å². The van der Waals surface area contributed by atoms with E-state index < -0.39 is 0 Å². The van der Waals surface area contributed by atoms with Crippen molar-refractivity contribution in [3.8, 4) is 11.8 Å². The molecule has 1 aromatic carbocycles. The Labute approximate surface area is 109 Å². The summed E-state index contributed by atoms with van der Waals surface area (Å²) in [4.78, 5) is 0. The highest BCUT2D eigenvalue weighted by molar-refractivity contribution is 9.09. The summed E-state index contributed by atoms with van der Waals surface area (Å²) in [5.74, 6) is 0. The minimum Gasteiger partial charge on any atom is -0.241 e. The fourth-order valence-corrected chi connectivity index (χ4v) is 1.90. The van der Waals surface area contributed by atoms with Crippen LogP contribution in [0.4, 0.5) is 0 Å². The maximum Gasteiger partial charge on any atom is 0.0992 e. The molecular formula is C13H12BrN3. The van der Waals surface area contributed by atoms with E-state index >= 15 is 0 Å². The maximum absolute atomic E-state index is 8.85. The molecule has 0 radical (unpaired) electrons. The second kappa shape index (κ2) is 5.65. The largest absolute Gasteiger partial charge is 0.241 e. The van der Waals surface area contributed by atoms with Crippen molar-refractivity contribution in [1.29, 1.82) is 5.26 Å². The van der Waals surface area contributed by atoms with Gasteiger partial charge in [0.15, 0.2) is 0 Å². The van der Waals surface area contributed by atoms with E-state index in [2.05, 4.69) is 27.1 Å². The number of halogens is 1. The summed E-state index contributed by atoms with van der Waals surface area (Å²) in [5, 5.41) is 14.2. The smallest absolute Gasteiger partial charge is 0.0992 e. The van der Waals surface area contributed by atoms with Gasteiger partial charge in [0.25, 0.3) is 0 Å². The first-order valence-corrected chi connectivity index (χ1v) is 6.55. The zero-order chi connectivity index (χ0) is 12.1. The SMILES string of the molecule is N#Cc1cccc(-n2cc(CCCBr)cn2)c1. The summed E-state index contributed by atoms with van der Waals surface area (Å²) >= 11 is 3.41. The normalized spacial score (nSPS) is 10.1. The van der Waals surface area contributed by atoms with Gasteiger partial charge in [0.1, 0.15) is 0 Å². The van der Waals surface area contributed by atoms with E-state index in [0.717, 1.165) is 23.9 Å². The Morgan fingerprint density at radius 3 is 3.06 bits per heavy atom. The summed E-state index contributed by atoms with van der Waals surface area (Å²) in [6.45, 7) is 0. The van der Waals surface area contributed by atoms with Crippen LogP contribution in [0, 0.1) is 11.3 Å². The number of alkyl halides is 1. The van der Waals surface area contributed by atoms with Crippen molar-refractivity contribution in [1.82, 2.24) is 9.78 Å². The predicted molar refractivity (Wildman–Crippen MR) is 70.4 cm³/mol. The van der Waals surface area contributed by atoms with Gasteiger partial charge in [-0.05, 0) is 36.6 Å². The van der Waals surface area contributed by atoms with Gasteiger partial charge in [-0.3, -0.25) is 0 Å². The zero-order valence-electron chi connectivity index (χ0n) is 9.31. The molecule has 3 nitrogen and oxygen atoms in total. The van der Waals surface area contributed by atoms with Crippen LogP contribution in [0.15, 0.2) is 36.7 Å². The fraction of sp³-hybridized carbons (Fsp3) is 0.231. The molecule has 0 spiro atoms. The van der Waals surface area contributed by atoms with Crippen molar-refractivity contribution < 1.29 is 0 Å². The first-order chi connectivity index (χ1) is 8.33. The van der Waals surface area contributed by atoms with Crippen molar-refractivity contribution in [2.24, 2.45) is 0 Å². The Hall–Kier alpha value is -1.60. The molecule has 0 N–H and O–H groups in total. The lowest BCUT2D eigenvalue weighted by molar-refractivity contribution is 0.877. The topological polar surface area (TPSA) is 41.6 Å². The van der Waals surface area contributed by atoms with E-state index in [0.29, 0.717) is 5.56 Å². The Morgan fingerprint density at radius 1 is 1.41 bits per heavy atom. The lowest BCUT2D eigenvalue weighted by Crippen LogP contribution is -1.94. The van der Waals surface area contributed by atoms with Crippen LogP contribution in [0.2, 0.25) is 0 Å². The fourth-order valence-electron chi connectivity index (χ4n) is 1.62. The number of aromatic nitrogens is 2. The molecular weight excluding hydrogens is 278 g/mol. The lowest BCUT2D eigenvalue weighted by Gasteiger charge is -2.00. The number of benzene rings is 1. The molecule has 0 unspecified atom stereocenters. The molecule has 0 atom stereocenters. The number of hydrogen-bond donors (Lipinski definition) is 0. The molecule has 17 heavy (non-hydrogen) atoms. The quantitative estimate of drug-likeness (QED) is 0.812. The number of rotatable bonds is 4. The van der Waals surface area contributed by atoms with E-state index in [-0.39, 0.29) is 0 Å². The molecule has 86 valence electrons. The predicted octanol–water partition coefficient (Wildman–Crippen LogP) is 3.07. The molecule has 2 aromatic rings. The Morgan fingerprint density at radius 2 is 2.29 bits per heavy atom. The molecule has 0 saturated carbocycles. The van der Waals surface area contributed by atoms with Crippen molar-refractivity contribution >= 4 is 15.9 Å². The van der Waals surface area contributed by atoms with Crippen LogP contribution < -0.4 is 0 Å². The third-order valence-corrected chi connectivity index (χ3v) is 3.04. The molecule has 0 saturated heterocycles. The molecule has 0 bridgehead atoms. The Kier molecular flexibility index (Phi) is 3.94. The lowest BCUT2D eigenvalue weighted by atomic mass is 10.2. The van der Waals surface area contributed by atoms with Crippen molar-refractivity contribution in [3.63, 3.8) is 0 Å². The molecule has 0 aliphatic heterocycles. The number of nitrogens with zero attached hydrogens (tertiary/aromatic N) is 3. The second-order valence-corrected chi connectivity index (χ2v) is 4.54. The van der Waals surface area contributed by atoms with Crippen LogP contribution in [-0.2, 0) is 6.42 Å². The van der Waals surface area contributed by atoms with E-state index in [4.69, 9.17) is 5.26 Å². The molecule has 0 aliphatic carbocycles. The standard InChI is InChI=1S/C13H12BrN3/c14-6-2-4-12-9-16-17(10-12)13-5-1-3-11(7-13)8-15/h1,3,5,7,9-10H,2,4,6H2. The first kappa shape index (κ1) is 11.9. The van der Waals surface area contributed by atoms with Gasteiger partial charge in [-0.2, -0.15) is 10.4 Å². The van der Waals surface area contributed by atoms with E-state index in [1.165, 1.54) is 5.56 Å². The Bertz CT molecular complexity index is 540. The summed E-state index contributed by atoms with van der Waals surface area (Å²) in [5.41, 5.74) is 2.79. The van der Waals surface area contributed by atoms with Crippen LogP contribution in [0.25, 0.3) is 5.69 Å². The van der Waals surface area contributed by atoms with Gasteiger partial charge in [-0.25, -0.2) is 4.68 Å². The average molecular weight is 290 g/mol. The summed E-state index contributed by atoms with van der Waals surface area (Å²) in [7, 11) is 0. The molecule has 0 amide bonds. The molecule has 4 heteroatoms. The Balaban J connectivity index is 2.21. The van der Waals surface area contributed by atoms with Crippen molar-refractivity contribution in [3.05, 3.63) is 47.8 Å².